The summed E-state index contributed by atoms with van der Waals surface area (Å²) in [4.78, 5) is 21.4. The minimum absolute atomic E-state index is 0.450. The van der Waals surface area contributed by atoms with E-state index < -0.39 is 0 Å². The SMILES string of the molecule is O/N=c1/cc(-c2cc3ccccc3cn2)oc2ccccc12.O/N=c1/cc(-c2cc3cccn3cn2)oc2ccccc12.O/N=c1/cc(-c2ccc3ccccc3c2)oc2ccccc12.O/N=c1/cc(-c2ccc3ccccc3n2)oc2ccccc12.O/N=c1/cc(-c2ccncn2)oc2ccccc12. The van der Waals surface area contributed by atoms with E-state index in [0.717, 1.165) is 65.1 Å². The monoisotopic (exact) mass is 1380 g/mol. The molecule has 0 saturated heterocycles. The number of hydrogen-bond acceptors (Lipinski definition) is 20. The third kappa shape index (κ3) is 14.3. The highest BCUT2D eigenvalue weighted by atomic mass is 16.4. The minimum atomic E-state index is 0.450. The standard InChI is InChI=1S/C19H13NO2.2C18H12N2O2.C16H11N3O2.C13H9N3O2/c21-20-17-12-19(22-18-8-4-3-7-16(17)18)15-10-9-13-5-1-2-6-14(13)11-15;21-20-16-11-18(22-17-8-4-2-6-13(16)17)15-10-9-12-5-1-3-7-14(12)19-15;21-20-15-10-18(22-17-8-4-3-7-14(15)17)16-9-12-5-1-2-6-13(12)11-19-16;20-18-13-9-16(21-15-6-2-1-5-12(13)15)14-8-11-4-3-7-19(11)10-17-14;17-16-11-7-13(10-5-6-14-8-15-10)18-12-4-2-1-3-9(11)12/h1-12,21H;2*1-11,21H;1-10,20H;1-8,17H/b20-17-;20-16-;20-15-;18-13-;16-11-. The molecule has 10 aromatic heterocycles. The summed E-state index contributed by atoms with van der Waals surface area (Å²) >= 11 is 0. The molecule has 0 saturated carbocycles. The number of para-hydroxylation sites is 6. The lowest BCUT2D eigenvalue weighted by Gasteiger charge is -2.05. The first-order valence-corrected chi connectivity index (χ1v) is 32.7. The molecule has 0 atom stereocenters. The van der Waals surface area contributed by atoms with Gasteiger partial charge in [0, 0.05) is 97.7 Å². The molecule has 9 aromatic carbocycles. The van der Waals surface area contributed by atoms with E-state index in [1.807, 2.05) is 241 Å². The number of hydrogen-bond donors (Lipinski definition) is 5. The van der Waals surface area contributed by atoms with Crippen LogP contribution in [0, 0.1) is 0 Å². The lowest BCUT2D eigenvalue weighted by atomic mass is 10.0. The van der Waals surface area contributed by atoms with Crippen molar-refractivity contribution in [3.8, 4) is 57.1 Å². The van der Waals surface area contributed by atoms with Gasteiger partial charge < -0.3 is 52.5 Å². The molecule has 0 aliphatic rings. The van der Waals surface area contributed by atoms with Gasteiger partial charge >= 0.3 is 0 Å². The molecule has 508 valence electrons. The third-order valence-corrected chi connectivity index (χ3v) is 17.1. The van der Waals surface area contributed by atoms with E-state index >= 15 is 0 Å². The molecule has 0 amide bonds. The Morgan fingerprint density at radius 3 is 1.21 bits per heavy atom. The Bertz CT molecular complexity index is 6400. The fourth-order valence-electron chi connectivity index (χ4n) is 11.9. The van der Waals surface area contributed by atoms with Crippen molar-refractivity contribution >= 4 is 92.8 Å². The maximum absolute atomic E-state index is 9.26. The van der Waals surface area contributed by atoms with Crippen molar-refractivity contribution in [3.63, 3.8) is 0 Å². The van der Waals surface area contributed by atoms with Crippen LogP contribution in [-0.2, 0) is 0 Å². The van der Waals surface area contributed by atoms with Crippen LogP contribution in [0.2, 0.25) is 0 Å². The number of benzene rings is 9. The second kappa shape index (κ2) is 30.2. The Kier molecular flexibility index (Phi) is 18.9. The van der Waals surface area contributed by atoms with Crippen LogP contribution in [0.25, 0.3) is 150 Å². The van der Waals surface area contributed by atoms with Gasteiger partial charge in [-0.2, -0.15) is 0 Å². The summed E-state index contributed by atoms with van der Waals surface area (Å²) in [5.41, 5.74) is 8.90. The number of pyridine rings is 2. The summed E-state index contributed by atoms with van der Waals surface area (Å²) in [6, 6.07) is 89.4. The Balaban J connectivity index is 0.000000106. The second-order valence-corrected chi connectivity index (χ2v) is 23.5. The van der Waals surface area contributed by atoms with E-state index in [4.69, 9.17) is 27.3 Å². The first-order chi connectivity index (χ1) is 51.8. The summed E-state index contributed by atoms with van der Waals surface area (Å²) < 4.78 is 31.3. The molecular formula is C84H57N11O10. The van der Waals surface area contributed by atoms with Gasteiger partial charge in [0.2, 0.25) is 0 Å². The van der Waals surface area contributed by atoms with E-state index in [2.05, 4.69) is 75.0 Å². The quantitative estimate of drug-likeness (QED) is 0.0790. The molecule has 0 spiro atoms. The molecule has 0 radical (unpaired) electrons. The molecule has 105 heavy (non-hydrogen) atoms. The van der Waals surface area contributed by atoms with Gasteiger partial charge in [-0.1, -0.05) is 171 Å². The third-order valence-electron chi connectivity index (χ3n) is 17.1. The van der Waals surface area contributed by atoms with Crippen LogP contribution in [0.5, 0.6) is 0 Å². The van der Waals surface area contributed by atoms with E-state index in [1.165, 1.54) is 11.7 Å². The Morgan fingerprint density at radius 1 is 0.295 bits per heavy atom. The van der Waals surface area contributed by atoms with Crippen LogP contribution in [0.4, 0.5) is 0 Å². The molecule has 19 rings (SSSR count). The molecule has 21 nitrogen and oxygen atoms in total. The molecule has 19 aromatic rings. The van der Waals surface area contributed by atoms with E-state index in [0.29, 0.717) is 106 Å². The molecule has 0 aliphatic heterocycles. The van der Waals surface area contributed by atoms with Crippen molar-refractivity contribution < 1.29 is 48.1 Å². The number of aromatic nitrogens is 6. The molecule has 0 bridgehead atoms. The van der Waals surface area contributed by atoms with Crippen LogP contribution in [-0.4, -0.2) is 55.4 Å². The lowest BCUT2D eigenvalue weighted by molar-refractivity contribution is 0.302. The summed E-state index contributed by atoms with van der Waals surface area (Å²) in [5.74, 6) is 2.90. The predicted octanol–water partition coefficient (Wildman–Crippen LogP) is 17.6. The van der Waals surface area contributed by atoms with E-state index in [1.54, 1.807) is 48.9 Å². The summed E-state index contributed by atoms with van der Waals surface area (Å²) in [7, 11) is 0. The van der Waals surface area contributed by atoms with Crippen LogP contribution in [0.1, 0.15) is 0 Å². The maximum Gasteiger partial charge on any atom is 0.155 e. The van der Waals surface area contributed by atoms with Crippen molar-refractivity contribution in [1.29, 1.82) is 0 Å². The van der Waals surface area contributed by atoms with Crippen molar-refractivity contribution in [2.75, 3.05) is 0 Å². The van der Waals surface area contributed by atoms with Gasteiger partial charge in [0.25, 0.3) is 0 Å². The molecule has 5 N–H and O–H groups in total. The van der Waals surface area contributed by atoms with Crippen LogP contribution in [0.15, 0.2) is 364 Å². The highest BCUT2D eigenvalue weighted by Gasteiger charge is 2.14. The largest absolute Gasteiger partial charge is 0.456 e. The van der Waals surface area contributed by atoms with Gasteiger partial charge in [-0.3, -0.25) is 4.98 Å². The zero-order valence-corrected chi connectivity index (χ0v) is 55.2. The van der Waals surface area contributed by atoms with Crippen molar-refractivity contribution in [2.45, 2.75) is 0 Å². The molecule has 21 heteroatoms. The van der Waals surface area contributed by atoms with Crippen LogP contribution >= 0.6 is 0 Å². The molecule has 10 heterocycles. The normalized spacial score (nSPS) is 12.1. The fraction of sp³-hybridized carbons (Fsp3) is 0. The van der Waals surface area contributed by atoms with Crippen LogP contribution < -0.4 is 26.8 Å². The fourth-order valence-corrected chi connectivity index (χ4v) is 11.9. The topological polar surface area (TPSA) is 298 Å². The zero-order chi connectivity index (χ0) is 71.4. The molecular weight excluding hydrogens is 1320 g/mol. The highest BCUT2D eigenvalue weighted by molar-refractivity contribution is 5.89. The summed E-state index contributed by atoms with van der Waals surface area (Å²) in [6.45, 7) is 0. The Morgan fingerprint density at radius 2 is 0.705 bits per heavy atom. The molecule has 0 aliphatic carbocycles. The minimum Gasteiger partial charge on any atom is -0.456 e. The first kappa shape index (κ1) is 65.8. The molecule has 0 unspecified atom stereocenters. The highest BCUT2D eigenvalue weighted by Crippen LogP contribution is 2.29. The Labute approximate surface area is 593 Å². The van der Waals surface area contributed by atoms with Gasteiger partial charge in [-0.15, -0.1) is 0 Å². The van der Waals surface area contributed by atoms with Crippen LogP contribution in [0.3, 0.4) is 0 Å². The van der Waals surface area contributed by atoms with Gasteiger partial charge in [0.15, 0.2) is 23.0 Å². The average Bonchev–Trinajstić information content (AvgIpc) is 0.976. The Hall–Kier alpha value is -15.1. The smallest absolute Gasteiger partial charge is 0.155 e. The van der Waals surface area contributed by atoms with Crippen molar-refractivity contribution in [3.05, 3.63) is 343 Å². The average molecular weight is 1380 g/mol. The van der Waals surface area contributed by atoms with Gasteiger partial charge in [0.1, 0.15) is 89.6 Å². The predicted molar refractivity (Wildman–Crippen MR) is 397 cm³/mol. The van der Waals surface area contributed by atoms with E-state index in [-0.39, 0.29) is 0 Å². The van der Waals surface area contributed by atoms with Crippen molar-refractivity contribution in [2.24, 2.45) is 25.8 Å². The summed E-state index contributed by atoms with van der Waals surface area (Å²) in [5, 5.41) is 74.4. The number of nitrogens with zero attached hydrogens (tertiary/aromatic N) is 11. The molecule has 0 fully saturated rings. The number of fused-ring (bicyclic) bond motifs is 9. The van der Waals surface area contributed by atoms with Crippen molar-refractivity contribution in [1.82, 2.24) is 29.3 Å². The maximum atomic E-state index is 9.26. The van der Waals surface area contributed by atoms with Gasteiger partial charge in [-0.25, -0.2) is 19.9 Å². The van der Waals surface area contributed by atoms with Gasteiger partial charge in [-0.05, 0) is 125 Å². The second-order valence-electron chi connectivity index (χ2n) is 23.5. The van der Waals surface area contributed by atoms with E-state index in [9.17, 15) is 20.8 Å². The number of rotatable bonds is 5. The summed E-state index contributed by atoms with van der Waals surface area (Å²) in [6.07, 6.45) is 8.53. The van der Waals surface area contributed by atoms with Gasteiger partial charge in [0.05, 0.1) is 11.8 Å². The first-order valence-electron chi connectivity index (χ1n) is 32.7. The lowest BCUT2D eigenvalue weighted by Crippen LogP contribution is -2.03. The zero-order valence-electron chi connectivity index (χ0n) is 55.2.